The zero-order valence-corrected chi connectivity index (χ0v) is 10.5. The Bertz CT molecular complexity index is 758. The Morgan fingerprint density at radius 2 is 2.15 bits per heavy atom. The number of nitrogens with zero attached hydrogens (tertiary/aromatic N) is 1. The van der Waals surface area contributed by atoms with E-state index < -0.39 is 17.7 Å². The molecule has 104 valence electrons. The lowest BCUT2D eigenvalue weighted by Gasteiger charge is -2.21. The highest BCUT2D eigenvalue weighted by molar-refractivity contribution is 6.00. The molecular formula is C13H12N2O5. The molecule has 7 heteroatoms. The van der Waals surface area contributed by atoms with Crippen molar-refractivity contribution in [3.8, 4) is 0 Å². The monoisotopic (exact) mass is 276 g/mol. The number of oxazole rings is 1. The zero-order chi connectivity index (χ0) is 14.3. The van der Waals surface area contributed by atoms with Gasteiger partial charge in [-0.05, 0) is 24.1 Å². The first-order valence-corrected chi connectivity index (χ1v) is 6.18. The van der Waals surface area contributed by atoms with Crippen molar-refractivity contribution in [2.75, 3.05) is 0 Å². The summed E-state index contributed by atoms with van der Waals surface area (Å²) in [7, 11) is 0. The van der Waals surface area contributed by atoms with Crippen molar-refractivity contribution >= 4 is 22.9 Å². The van der Waals surface area contributed by atoms with Gasteiger partial charge in [0.1, 0.15) is 6.04 Å². The fourth-order valence-corrected chi connectivity index (χ4v) is 2.40. The lowest BCUT2D eigenvalue weighted by molar-refractivity contribution is -0.135. The van der Waals surface area contributed by atoms with Crippen LogP contribution in [0.2, 0.25) is 0 Å². The molecule has 3 rings (SSSR count). The summed E-state index contributed by atoms with van der Waals surface area (Å²) in [5.74, 6) is -1.49. The van der Waals surface area contributed by atoms with Crippen molar-refractivity contribution in [1.82, 2.24) is 9.88 Å². The molecule has 0 saturated carbocycles. The molecule has 2 heterocycles. The van der Waals surface area contributed by atoms with Gasteiger partial charge in [-0.25, -0.2) is 4.79 Å². The molecule has 7 nitrogen and oxygen atoms in total. The third kappa shape index (κ3) is 1.92. The van der Waals surface area contributed by atoms with E-state index in [1.165, 1.54) is 4.57 Å². The smallest absolute Gasteiger partial charge is 0.408 e. The van der Waals surface area contributed by atoms with Crippen LogP contribution in [0.5, 0.6) is 0 Å². The van der Waals surface area contributed by atoms with Gasteiger partial charge in [0.05, 0.1) is 12.1 Å². The summed E-state index contributed by atoms with van der Waals surface area (Å²) in [5, 5.41) is 11.3. The first-order valence-electron chi connectivity index (χ1n) is 6.18. The summed E-state index contributed by atoms with van der Waals surface area (Å²) in [6.07, 6.45) is 0.450. The Kier molecular flexibility index (Phi) is 2.90. The van der Waals surface area contributed by atoms with Crippen LogP contribution in [-0.4, -0.2) is 21.5 Å². The Balaban J connectivity index is 2.12. The van der Waals surface area contributed by atoms with Crippen molar-refractivity contribution < 1.29 is 19.1 Å². The molecule has 2 N–H and O–H groups in total. The second-order valence-electron chi connectivity index (χ2n) is 4.67. The van der Waals surface area contributed by atoms with Crippen LogP contribution in [0, 0.1) is 0 Å². The normalized spacial score (nSPS) is 19.4. The number of aliphatic hydroxyl groups excluding tert-OH is 1. The summed E-state index contributed by atoms with van der Waals surface area (Å²) in [6.45, 7) is -0.163. The van der Waals surface area contributed by atoms with Crippen molar-refractivity contribution in [1.29, 1.82) is 0 Å². The fourth-order valence-electron chi connectivity index (χ4n) is 2.40. The molecule has 1 fully saturated rings. The van der Waals surface area contributed by atoms with E-state index in [4.69, 9.17) is 9.52 Å². The van der Waals surface area contributed by atoms with Crippen LogP contribution in [0.25, 0.3) is 11.1 Å². The number of piperidine rings is 1. The van der Waals surface area contributed by atoms with E-state index in [1.54, 1.807) is 18.2 Å². The molecule has 1 saturated heterocycles. The second-order valence-corrected chi connectivity index (χ2v) is 4.67. The molecule has 0 bridgehead atoms. The first-order chi connectivity index (χ1) is 9.60. The quantitative estimate of drug-likeness (QED) is 0.755. The number of fused-ring (bicyclic) bond motifs is 1. The summed E-state index contributed by atoms with van der Waals surface area (Å²) < 4.78 is 6.35. The largest absolute Gasteiger partial charge is 0.420 e. The number of carbonyl (C=O) groups excluding carboxylic acids is 2. The predicted octanol–water partition coefficient (Wildman–Crippen LogP) is 0.0645. The molecule has 1 aliphatic heterocycles. The van der Waals surface area contributed by atoms with E-state index in [0.717, 1.165) is 0 Å². The fraction of sp³-hybridized carbons (Fsp3) is 0.308. The Morgan fingerprint density at radius 3 is 2.85 bits per heavy atom. The van der Waals surface area contributed by atoms with Crippen molar-refractivity contribution in [3.63, 3.8) is 0 Å². The predicted molar refractivity (Wildman–Crippen MR) is 67.8 cm³/mol. The maximum Gasteiger partial charge on any atom is 0.420 e. The number of aliphatic hydroxyl groups is 1. The minimum absolute atomic E-state index is 0.163. The molecule has 1 aromatic carbocycles. The molecule has 1 aromatic heterocycles. The molecule has 0 radical (unpaired) electrons. The van der Waals surface area contributed by atoms with E-state index in [-0.39, 0.29) is 25.4 Å². The number of amides is 2. The molecular weight excluding hydrogens is 264 g/mol. The molecule has 2 amide bonds. The van der Waals surface area contributed by atoms with Gasteiger partial charge in [-0.1, -0.05) is 6.07 Å². The van der Waals surface area contributed by atoms with Crippen molar-refractivity contribution in [3.05, 3.63) is 34.3 Å². The van der Waals surface area contributed by atoms with E-state index >= 15 is 0 Å². The van der Waals surface area contributed by atoms with Gasteiger partial charge in [-0.2, -0.15) is 0 Å². The lowest BCUT2D eigenvalue weighted by Crippen LogP contribution is -2.43. The van der Waals surface area contributed by atoms with E-state index in [9.17, 15) is 14.4 Å². The molecule has 20 heavy (non-hydrogen) atoms. The number of imide groups is 1. The van der Waals surface area contributed by atoms with Gasteiger partial charge in [0.25, 0.3) is 0 Å². The molecule has 1 atom stereocenters. The highest BCUT2D eigenvalue weighted by Crippen LogP contribution is 2.23. The second kappa shape index (κ2) is 4.61. The van der Waals surface area contributed by atoms with E-state index in [1.807, 2.05) is 0 Å². The van der Waals surface area contributed by atoms with Crippen LogP contribution >= 0.6 is 0 Å². The molecule has 1 aliphatic rings. The Hall–Kier alpha value is -2.41. The topological polar surface area (TPSA) is 102 Å². The molecule has 1 unspecified atom stereocenters. The lowest BCUT2D eigenvalue weighted by atomic mass is 10.1. The summed E-state index contributed by atoms with van der Waals surface area (Å²) in [6, 6.07) is 4.08. The van der Waals surface area contributed by atoms with Gasteiger partial charge in [0.15, 0.2) is 5.58 Å². The minimum Gasteiger partial charge on any atom is -0.408 e. The molecule has 0 aliphatic carbocycles. The average Bonchev–Trinajstić information content (AvgIpc) is 2.74. The summed E-state index contributed by atoms with van der Waals surface area (Å²) in [5.41, 5.74) is 1.40. The van der Waals surface area contributed by atoms with Crippen LogP contribution in [0.15, 0.2) is 27.4 Å². The third-order valence-electron chi connectivity index (χ3n) is 3.38. The number of hydrogen-bond donors (Lipinski definition) is 2. The highest BCUT2D eigenvalue weighted by Gasteiger charge is 2.31. The number of hydrogen-bond acceptors (Lipinski definition) is 5. The van der Waals surface area contributed by atoms with Gasteiger partial charge >= 0.3 is 5.76 Å². The van der Waals surface area contributed by atoms with Crippen LogP contribution < -0.4 is 11.1 Å². The maximum atomic E-state index is 11.9. The van der Waals surface area contributed by atoms with Crippen molar-refractivity contribution in [2.24, 2.45) is 0 Å². The zero-order valence-electron chi connectivity index (χ0n) is 10.5. The van der Waals surface area contributed by atoms with Crippen LogP contribution in [0.1, 0.15) is 24.4 Å². The minimum atomic E-state index is -0.749. The van der Waals surface area contributed by atoms with Gasteiger partial charge in [0.2, 0.25) is 11.8 Å². The van der Waals surface area contributed by atoms with Gasteiger partial charge in [-0.15, -0.1) is 0 Å². The molecule has 2 aromatic rings. The Morgan fingerprint density at radius 1 is 1.35 bits per heavy atom. The average molecular weight is 276 g/mol. The van der Waals surface area contributed by atoms with Crippen LogP contribution in [-0.2, 0) is 16.2 Å². The first kappa shape index (κ1) is 12.6. The van der Waals surface area contributed by atoms with Gasteiger partial charge < -0.3 is 9.52 Å². The number of nitrogens with one attached hydrogen (secondary N) is 1. The Labute approximate surface area is 112 Å². The van der Waals surface area contributed by atoms with Crippen LogP contribution in [0.3, 0.4) is 0 Å². The van der Waals surface area contributed by atoms with Crippen LogP contribution in [0.4, 0.5) is 0 Å². The third-order valence-corrected chi connectivity index (χ3v) is 3.38. The van der Waals surface area contributed by atoms with E-state index in [2.05, 4.69) is 5.32 Å². The molecule has 0 spiro atoms. The number of benzene rings is 1. The van der Waals surface area contributed by atoms with Crippen molar-refractivity contribution in [2.45, 2.75) is 25.5 Å². The SMILES string of the molecule is O=C1CCC(n2c(=O)oc3cc(CO)ccc32)C(=O)N1. The van der Waals surface area contributed by atoms with E-state index in [0.29, 0.717) is 16.7 Å². The number of aromatic nitrogens is 1. The number of carbonyl (C=O) groups is 2. The summed E-state index contributed by atoms with van der Waals surface area (Å²) >= 11 is 0. The standard InChI is InChI=1S/C13H12N2O5/c16-6-7-1-2-8-10(5-7)20-13(19)15(8)9-3-4-11(17)14-12(9)18/h1-2,5,9,16H,3-4,6H2,(H,14,17,18). The van der Waals surface area contributed by atoms with Gasteiger partial charge in [-0.3, -0.25) is 19.5 Å². The summed E-state index contributed by atoms with van der Waals surface area (Å²) in [4.78, 5) is 34.9. The van der Waals surface area contributed by atoms with Gasteiger partial charge in [0, 0.05) is 6.42 Å². The maximum absolute atomic E-state index is 11.9. The number of rotatable bonds is 2. The highest BCUT2D eigenvalue weighted by atomic mass is 16.4.